The second-order valence-electron chi connectivity index (χ2n) is 24.2. The predicted molar refractivity (Wildman–Crippen MR) is 307 cm³/mol. The second kappa shape index (κ2) is 28.5. The van der Waals surface area contributed by atoms with Gasteiger partial charge in [-0.05, 0) is 121 Å². The molecular weight excluding hydrogens is 1030 g/mol. The van der Waals surface area contributed by atoms with Crippen LogP contribution in [0.2, 0.25) is 0 Å². The summed E-state index contributed by atoms with van der Waals surface area (Å²) < 4.78 is 40.4. The summed E-state index contributed by atoms with van der Waals surface area (Å²) in [5, 5.41) is 8.51. The van der Waals surface area contributed by atoms with E-state index in [0.717, 1.165) is 11.1 Å². The van der Waals surface area contributed by atoms with Crippen LogP contribution < -0.4 is 26.4 Å². The quantitative estimate of drug-likeness (QED) is 0.0401. The SMILES string of the molecule is C/C(=C\[C@H](C(C)C)N(C)C(=O)[C@@H](NC(=O)[C@@H](N(C)C(=O)OC(C)(C)C)C(C)(C)c1ccccc1)C(C)(C)C)C(=O)NS(=O)(=O)c1ccc(CCC(=O)[C@H](CCCCNC(=O)OC(C)(C)C)NC(=O)[C@@H](N)Cc2ccccc2)cc1. The molecule has 3 aromatic carbocycles. The molecule has 0 radical (unpaired) electrons. The molecule has 0 aliphatic carbocycles. The maximum absolute atomic E-state index is 14.7. The Bertz CT molecular complexity index is 2690. The monoisotopic (exact) mass is 1120 g/mol. The van der Waals surface area contributed by atoms with Crippen LogP contribution in [-0.4, -0.2) is 122 Å². The molecule has 0 bridgehead atoms. The molecule has 0 aliphatic rings. The number of unbranched alkanes of at least 4 members (excludes halogenated alkanes) is 1. The first-order chi connectivity index (χ1) is 36.4. The van der Waals surface area contributed by atoms with E-state index in [0.29, 0.717) is 24.9 Å². The lowest BCUT2D eigenvalue weighted by atomic mass is 9.76. The van der Waals surface area contributed by atoms with Crippen molar-refractivity contribution in [1.82, 2.24) is 30.5 Å². The number of rotatable bonds is 25. The minimum Gasteiger partial charge on any atom is -0.444 e. The fourth-order valence-corrected chi connectivity index (χ4v) is 9.84. The zero-order chi connectivity index (χ0) is 59.8. The smallest absolute Gasteiger partial charge is 0.410 e. The fourth-order valence-electron chi connectivity index (χ4n) is 8.83. The average Bonchev–Trinajstić information content (AvgIpc) is 3.34. The van der Waals surface area contributed by atoms with Crippen LogP contribution in [0.15, 0.2) is 101 Å². The predicted octanol–water partition coefficient (Wildman–Crippen LogP) is 7.92. The Balaban J connectivity index is 1.77. The maximum Gasteiger partial charge on any atom is 0.410 e. The molecule has 0 heterocycles. The summed E-state index contributed by atoms with van der Waals surface area (Å²) in [4.78, 5) is 98.2. The number of ether oxygens (including phenoxy) is 2. The van der Waals surface area contributed by atoms with Gasteiger partial charge in [0.25, 0.3) is 15.9 Å². The highest BCUT2D eigenvalue weighted by Gasteiger charge is 2.46. The van der Waals surface area contributed by atoms with Crippen molar-refractivity contribution in [3.05, 3.63) is 113 Å². The normalized spacial score (nSPS) is 14.4. The summed E-state index contributed by atoms with van der Waals surface area (Å²) in [6.07, 6.45) is 2.02. The molecule has 0 aromatic heterocycles. The van der Waals surface area contributed by atoms with E-state index in [4.69, 9.17) is 15.2 Å². The third kappa shape index (κ3) is 21.2. The van der Waals surface area contributed by atoms with E-state index in [1.165, 1.54) is 42.0 Å². The summed E-state index contributed by atoms with van der Waals surface area (Å²) in [7, 11) is -1.36. The Morgan fingerprint density at radius 1 is 0.696 bits per heavy atom. The van der Waals surface area contributed by atoms with Crippen molar-refractivity contribution in [1.29, 1.82) is 0 Å². The van der Waals surface area contributed by atoms with Gasteiger partial charge in [-0.25, -0.2) is 22.7 Å². The Labute approximate surface area is 469 Å². The number of hydrogen-bond donors (Lipinski definition) is 5. The summed E-state index contributed by atoms with van der Waals surface area (Å²) in [6.45, 7) is 25.0. The molecule has 3 aromatic rings. The molecule has 0 fully saturated rings. The van der Waals surface area contributed by atoms with Crippen molar-refractivity contribution in [3.63, 3.8) is 0 Å². The van der Waals surface area contributed by atoms with Gasteiger partial charge in [-0.3, -0.25) is 28.9 Å². The summed E-state index contributed by atoms with van der Waals surface area (Å²) in [5.74, 6) is -3.02. The fraction of sp³-hybridized carbons (Fsp3) is 0.550. The van der Waals surface area contributed by atoms with Crippen LogP contribution in [0.3, 0.4) is 0 Å². The van der Waals surface area contributed by atoms with Gasteiger partial charge >= 0.3 is 12.2 Å². The first-order valence-corrected chi connectivity index (χ1v) is 28.5. The highest BCUT2D eigenvalue weighted by atomic mass is 32.2. The van der Waals surface area contributed by atoms with Crippen LogP contribution in [-0.2, 0) is 61.7 Å². The number of benzene rings is 3. The zero-order valence-corrected chi connectivity index (χ0v) is 50.3. The van der Waals surface area contributed by atoms with Gasteiger partial charge in [0, 0.05) is 38.0 Å². The number of nitrogens with two attached hydrogens (primary N) is 1. The van der Waals surface area contributed by atoms with Gasteiger partial charge in [0.1, 0.15) is 23.3 Å². The Morgan fingerprint density at radius 2 is 1.25 bits per heavy atom. The first kappa shape index (κ1) is 66.7. The number of likely N-dealkylation sites (N-methyl/N-ethyl adjacent to an activating group) is 2. The van der Waals surface area contributed by atoms with Gasteiger partial charge in [-0.2, -0.15) is 0 Å². The Kier molecular flexibility index (Phi) is 24.1. The minimum absolute atomic E-state index is 0.0110. The average molecular weight is 1120 g/mol. The lowest BCUT2D eigenvalue weighted by Crippen LogP contribution is -2.63. The molecule has 0 aliphatic heterocycles. The molecule has 19 heteroatoms. The zero-order valence-electron chi connectivity index (χ0n) is 49.4. The molecule has 0 saturated carbocycles. The number of alkyl carbamates (subject to hydrolysis) is 1. The maximum atomic E-state index is 14.7. The standard InChI is InChI=1S/C60H89N7O11S/c1-39(2)47(66(15)54(72)49(57(4,5)6)64-53(71)50(67(16)56(74)78-59(10,11)12)60(13,14)43-27-21-18-22-28-43)37-40(3)51(69)65-79(75,76)44-33-30-41(31-34-44)32-35-48(68)46(29-23-24-36-62-55(73)77-58(7,8)9)63-52(70)45(61)38-42-25-19-17-20-26-42/h17-22,25-28,30-31,33-34,37,39,45-47,49-50H,23-24,29,32,35-36,38,61H2,1-16H3,(H,62,73)(H,63,70)(H,64,71)(H,65,69)/b40-37+/t45-,46-,47+,49+,50+/m0/s1. The number of sulfonamides is 1. The van der Waals surface area contributed by atoms with Crippen LogP contribution in [0.1, 0.15) is 139 Å². The first-order valence-electron chi connectivity index (χ1n) is 27.0. The van der Waals surface area contributed by atoms with Crippen molar-refractivity contribution in [2.75, 3.05) is 20.6 Å². The number of aryl methyl sites for hydroxylation is 1. The van der Waals surface area contributed by atoms with E-state index >= 15 is 0 Å². The highest BCUT2D eigenvalue weighted by Crippen LogP contribution is 2.33. The summed E-state index contributed by atoms with van der Waals surface area (Å²) >= 11 is 0. The number of amides is 6. The van der Waals surface area contributed by atoms with Crippen LogP contribution in [0.4, 0.5) is 9.59 Å². The molecule has 79 heavy (non-hydrogen) atoms. The van der Waals surface area contributed by atoms with E-state index in [1.54, 1.807) is 81.5 Å². The summed E-state index contributed by atoms with van der Waals surface area (Å²) in [6, 6.07) is 19.5. The van der Waals surface area contributed by atoms with Gasteiger partial charge in [0.15, 0.2) is 5.78 Å². The number of ketones is 1. The Morgan fingerprint density at radius 3 is 1.78 bits per heavy atom. The second-order valence-corrected chi connectivity index (χ2v) is 25.9. The van der Waals surface area contributed by atoms with Crippen molar-refractivity contribution in [3.8, 4) is 0 Å². The van der Waals surface area contributed by atoms with Gasteiger partial charge in [-0.15, -0.1) is 0 Å². The van der Waals surface area contributed by atoms with Gasteiger partial charge in [0.05, 0.1) is 23.0 Å². The van der Waals surface area contributed by atoms with E-state index in [-0.39, 0.29) is 47.9 Å². The number of nitrogens with zero attached hydrogens (tertiary/aromatic N) is 2. The van der Waals surface area contributed by atoms with Crippen molar-refractivity contribution in [2.45, 2.75) is 187 Å². The van der Waals surface area contributed by atoms with Crippen molar-refractivity contribution < 1.29 is 51.5 Å². The number of carbonyl (C=O) groups is 7. The number of carbonyl (C=O) groups excluding carboxylic acids is 7. The molecule has 0 unspecified atom stereocenters. The third-order valence-electron chi connectivity index (χ3n) is 13.2. The molecule has 6 amide bonds. The largest absolute Gasteiger partial charge is 0.444 e. The van der Waals surface area contributed by atoms with E-state index in [1.807, 2.05) is 88.4 Å². The molecule has 18 nitrogen and oxygen atoms in total. The number of Topliss-reactive ketones (excluding diaryl/α,β-unsaturated/α-hetero) is 1. The lowest BCUT2D eigenvalue weighted by molar-refractivity contribution is -0.141. The third-order valence-corrected chi connectivity index (χ3v) is 14.6. The van der Waals surface area contributed by atoms with Gasteiger partial charge in [-0.1, -0.05) is 127 Å². The van der Waals surface area contributed by atoms with Crippen LogP contribution in [0.25, 0.3) is 0 Å². The van der Waals surface area contributed by atoms with Crippen molar-refractivity contribution in [2.24, 2.45) is 17.1 Å². The molecular formula is C60H89N7O11S. The molecule has 6 N–H and O–H groups in total. The molecule has 436 valence electrons. The van der Waals surface area contributed by atoms with E-state index < -0.39 is 98.1 Å². The van der Waals surface area contributed by atoms with Crippen LogP contribution >= 0.6 is 0 Å². The molecule has 3 rings (SSSR count). The van der Waals surface area contributed by atoms with Crippen LogP contribution in [0, 0.1) is 11.3 Å². The number of nitrogens with one attached hydrogen (secondary N) is 4. The van der Waals surface area contributed by atoms with E-state index in [9.17, 15) is 42.0 Å². The van der Waals surface area contributed by atoms with Gasteiger partial charge in [0.2, 0.25) is 17.7 Å². The van der Waals surface area contributed by atoms with Crippen LogP contribution in [0.5, 0.6) is 0 Å². The minimum atomic E-state index is -4.41. The number of hydrogen-bond acceptors (Lipinski definition) is 12. The molecule has 0 saturated heterocycles. The Hall–Kier alpha value is -6.60. The molecule has 0 spiro atoms. The van der Waals surface area contributed by atoms with Crippen molar-refractivity contribution >= 4 is 51.6 Å². The topological polar surface area (TPSA) is 253 Å². The lowest BCUT2D eigenvalue weighted by Gasteiger charge is -2.42. The molecule has 5 atom stereocenters. The summed E-state index contributed by atoms with van der Waals surface area (Å²) in [5.41, 5.74) is 5.21. The van der Waals surface area contributed by atoms with Gasteiger partial charge < -0.3 is 36.1 Å². The highest BCUT2D eigenvalue weighted by molar-refractivity contribution is 7.90. The van der Waals surface area contributed by atoms with E-state index in [2.05, 4.69) is 20.7 Å².